The van der Waals surface area contributed by atoms with Crippen LogP contribution in [0.2, 0.25) is 0 Å². The zero-order chi connectivity index (χ0) is 17.1. The van der Waals surface area contributed by atoms with Crippen LogP contribution in [0.15, 0.2) is 34.7 Å². The van der Waals surface area contributed by atoms with Crippen molar-refractivity contribution >= 4 is 11.9 Å². The van der Waals surface area contributed by atoms with Crippen molar-refractivity contribution in [2.75, 3.05) is 19.7 Å². The highest BCUT2D eigenvalue weighted by Gasteiger charge is 2.30. The van der Waals surface area contributed by atoms with Crippen molar-refractivity contribution in [2.45, 2.75) is 20.3 Å². The van der Waals surface area contributed by atoms with E-state index in [2.05, 4.69) is 4.98 Å². The molecule has 3 rings (SSSR count). The molecule has 0 saturated carbocycles. The van der Waals surface area contributed by atoms with Gasteiger partial charge in [0.15, 0.2) is 17.3 Å². The first-order valence-corrected chi connectivity index (χ1v) is 8.06. The standard InChI is InChI=1S/C18H20N2O4/c1-3-20-10-13(9-15(20)21)11-23-18(22)16-17(24-12(2)19-16)14-7-5-4-6-8-14/h4-8,13H,3,9-11H2,1-2H3. The second-order valence-corrected chi connectivity index (χ2v) is 5.88. The van der Waals surface area contributed by atoms with E-state index in [0.717, 1.165) is 5.56 Å². The Kier molecular flexibility index (Phi) is 4.64. The Morgan fingerprint density at radius 1 is 1.38 bits per heavy atom. The topological polar surface area (TPSA) is 72.6 Å². The summed E-state index contributed by atoms with van der Waals surface area (Å²) in [5.74, 6) is 0.452. The van der Waals surface area contributed by atoms with Crippen LogP contribution in [0.1, 0.15) is 29.7 Å². The van der Waals surface area contributed by atoms with Crippen molar-refractivity contribution in [3.63, 3.8) is 0 Å². The molecule has 126 valence electrons. The van der Waals surface area contributed by atoms with Gasteiger partial charge in [0.2, 0.25) is 5.91 Å². The molecule has 1 aromatic carbocycles. The number of likely N-dealkylation sites (tertiary alicyclic amines) is 1. The highest BCUT2D eigenvalue weighted by molar-refractivity contribution is 5.93. The first-order chi connectivity index (χ1) is 11.6. The first-order valence-electron chi connectivity index (χ1n) is 8.06. The van der Waals surface area contributed by atoms with Crippen LogP contribution in [-0.2, 0) is 9.53 Å². The maximum absolute atomic E-state index is 12.4. The summed E-state index contributed by atoms with van der Waals surface area (Å²) in [5.41, 5.74) is 0.952. The van der Waals surface area contributed by atoms with Gasteiger partial charge in [-0.15, -0.1) is 0 Å². The number of oxazole rings is 1. The number of aryl methyl sites for hydroxylation is 1. The third kappa shape index (κ3) is 3.32. The van der Waals surface area contributed by atoms with Gasteiger partial charge < -0.3 is 14.1 Å². The zero-order valence-electron chi connectivity index (χ0n) is 13.8. The molecule has 1 fully saturated rings. The normalized spacial score (nSPS) is 17.3. The van der Waals surface area contributed by atoms with Gasteiger partial charge in [-0.25, -0.2) is 9.78 Å². The van der Waals surface area contributed by atoms with Crippen LogP contribution < -0.4 is 0 Å². The lowest BCUT2D eigenvalue weighted by Crippen LogP contribution is -2.25. The van der Waals surface area contributed by atoms with E-state index in [0.29, 0.717) is 31.2 Å². The maximum atomic E-state index is 12.4. The summed E-state index contributed by atoms with van der Waals surface area (Å²) in [6.45, 7) is 5.16. The van der Waals surface area contributed by atoms with Gasteiger partial charge in [0.1, 0.15) is 0 Å². The van der Waals surface area contributed by atoms with Gasteiger partial charge in [0.25, 0.3) is 0 Å². The van der Waals surface area contributed by atoms with Crippen molar-refractivity contribution in [3.05, 3.63) is 41.9 Å². The fraction of sp³-hybridized carbons (Fsp3) is 0.389. The number of hydrogen-bond acceptors (Lipinski definition) is 5. The number of hydrogen-bond donors (Lipinski definition) is 0. The van der Waals surface area contributed by atoms with Crippen LogP contribution in [0.5, 0.6) is 0 Å². The van der Waals surface area contributed by atoms with E-state index in [1.165, 1.54) is 0 Å². The molecule has 0 spiro atoms. The van der Waals surface area contributed by atoms with Crippen LogP contribution in [-0.4, -0.2) is 41.5 Å². The van der Waals surface area contributed by atoms with E-state index in [4.69, 9.17) is 9.15 Å². The van der Waals surface area contributed by atoms with Crippen molar-refractivity contribution in [3.8, 4) is 11.3 Å². The van der Waals surface area contributed by atoms with Gasteiger partial charge in [-0.05, 0) is 6.92 Å². The molecule has 2 aromatic rings. The van der Waals surface area contributed by atoms with Crippen LogP contribution in [0.3, 0.4) is 0 Å². The smallest absolute Gasteiger partial charge is 0.361 e. The minimum atomic E-state index is -0.520. The Morgan fingerprint density at radius 2 is 2.12 bits per heavy atom. The van der Waals surface area contributed by atoms with Crippen LogP contribution in [0.25, 0.3) is 11.3 Å². The molecule has 2 heterocycles. The highest BCUT2D eigenvalue weighted by Crippen LogP contribution is 2.26. The second kappa shape index (κ2) is 6.86. The lowest BCUT2D eigenvalue weighted by atomic mass is 10.1. The molecule has 1 aliphatic rings. The number of nitrogens with zero attached hydrogens (tertiary/aromatic N) is 2. The number of benzene rings is 1. The Bertz CT molecular complexity index is 739. The van der Waals surface area contributed by atoms with E-state index >= 15 is 0 Å². The lowest BCUT2D eigenvalue weighted by Gasteiger charge is -2.13. The Balaban J connectivity index is 1.69. The summed E-state index contributed by atoms with van der Waals surface area (Å²) < 4.78 is 11.0. The number of ether oxygens (including phenoxy) is 1. The third-order valence-corrected chi connectivity index (χ3v) is 4.09. The van der Waals surface area contributed by atoms with E-state index in [-0.39, 0.29) is 24.1 Å². The predicted molar refractivity (Wildman–Crippen MR) is 87.3 cm³/mol. The van der Waals surface area contributed by atoms with E-state index in [9.17, 15) is 9.59 Å². The lowest BCUT2D eigenvalue weighted by molar-refractivity contribution is -0.127. The molecule has 1 amide bonds. The minimum absolute atomic E-state index is 0.0366. The quantitative estimate of drug-likeness (QED) is 0.789. The maximum Gasteiger partial charge on any atom is 0.361 e. The summed E-state index contributed by atoms with van der Waals surface area (Å²) in [4.78, 5) is 30.1. The van der Waals surface area contributed by atoms with Gasteiger partial charge >= 0.3 is 5.97 Å². The zero-order valence-corrected chi connectivity index (χ0v) is 13.8. The van der Waals surface area contributed by atoms with E-state index in [1.807, 2.05) is 37.3 Å². The first kappa shape index (κ1) is 16.2. The van der Waals surface area contributed by atoms with Gasteiger partial charge in [-0.3, -0.25) is 4.79 Å². The fourth-order valence-electron chi connectivity index (χ4n) is 2.88. The molecule has 6 heteroatoms. The van der Waals surface area contributed by atoms with Gasteiger partial charge in [-0.1, -0.05) is 30.3 Å². The molecule has 1 saturated heterocycles. The predicted octanol–water partition coefficient (Wildman–Crippen LogP) is 2.68. The molecule has 0 aliphatic carbocycles. The Morgan fingerprint density at radius 3 is 2.79 bits per heavy atom. The summed E-state index contributed by atoms with van der Waals surface area (Å²) in [5, 5.41) is 0. The van der Waals surface area contributed by atoms with Crippen molar-refractivity contribution in [2.24, 2.45) is 5.92 Å². The van der Waals surface area contributed by atoms with Gasteiger partial charge in [-0.2, -0.15) is 0 Å². The summed E-state index contributed by atoms with van der Waals surface area (Å²) >= 11 is 0. The number of esters is 1. The Labute approximate surface area is 140 Å². The molecule has 24 heavy (non-hydrogen) atoms. The van der Waals surface area contributed by atoms with Crippen LogP contribution >= 0.6 is 0 Å². The largest absolute Gasteiger partial charge is 0.460 e. The molecule has 1 aliphatic heterocycles. The average Bonchev–Trinajstić information content (AvgIpc) is 3.16. The molecule has 0 radical (unpaired) electrons. The monoisotopic (exact) mass is 328 g/mol. The Hall–Kier alpha value is -2.63. The van der Waals surface area contributed by atoms with Crippen molar-refractivity contribution in [1.29, 1.82) is 0 Å². The summed E-state index contributed by atoms with van der Waals surface area (Å²) in [6, 6.07) is 9.33. The van der Waals surface area contributed by atoms with E-state index < -0.39 is 5.97 Å². The minimum Gasteiger partial charge on any atom is -0.460 e. The summed E-state index contributed by atoms with van der Waals surface area (Å²) in [7, 11) is 0. The van der Waals surface area contributed by atoms with Gasteiger partial charge in [0, 0.05) is 37.9 Å². The number of carbonyl (C=O) groups excluding carboxylic acids is 2. The molecule has 0 N–H and O–H groups in total. The fourth-order valence-corrected chi connectivity index (χ4v) is 2.88. The third-order valence-electron chi connectivity index (χ3n) is 4.09. The number of carbonyl (C=O) groups is 2. The number of amides is 1. The van der Waals surface area contributed by atoms with Crippen molar-refractivity contribution < 1.29 is 18.7 Å². The van der Waals surface area contributed by atoms with Crippen molar-refractivity contribution in [1.82, 2.24) is 9.88 Å². The van der Waals surface area contributed by atoms with Gasteiger partial charge in [0.05, 0.1) is 6.61 Å². The molecule has 6 nitrogen and oxygen atoms in total. The number of aromatic nitrogens is 1. The van der Waals surface area contributed by atoms with E-state index in [1.54, 1.807) is 11.8 Å². The molecule has 1 atom stereocenters. The SMILES string of the molecule is CCN1CC(COC(=O)c2nc(C)oc2-c2ccccc2)CC1=O. The average molecular weight is 328 g/mol. The number of rotatable bonds is 5. The highest BCUT2D eigenvalue weighted by atomic mass is 16.5. The molecule has 1 unspecified atom stereocenters. The molecule has 1 aromatic heterocycles. The van der Waals surface area contributed by atoms with Crippen LogP contribution in [0, 0.1) is 12.8 Å². The molecular weight excluding hydrogens is 308 g/mol. The molecule has 0 bridgehead atoms. The second-order valence-electron chi connectivity index (χ2n) is 5.88. The van der Waals surface area contributed by atoms with Crippen LogP contribution in [0.4, 0.5) is 0 Å². The molecular formula is C18H20N2O4. The summed E-state index contributed by atoms with van der Waals surface area (Å²) in [6.07, 6.45) is 0.421.